The third-order valence-electron chi connectivity index (χ3n) is 3.74. The number of hydrogen-bond acceptors (Lipinski definition) is 7. The Labute approximate surface area is 177 Å². The molecular weight excluding hydrogens is 439 g/mol. The van der Waals surface area contributed by atoms with Gasteiger partial charge in [0.2, 0.25) is 6.10 Å². The van der Waals surface area contributed by atoms with Gasteiger partial charge in [-0.05, 0) is 24.3 Å². The van der Waals surface area contributed by atoms with Crippen molar-refractivity contribution >= 4 is 28.3 Å². The number of para-hydroxylation sites is 2. The van der Waals surface area contributed by atoms with E-state index in [2.05, 4.69) is 15.3 Å². The predicted molar refractivity (Wildman–Crippen MR) is 104 cm³/mol. The monoisotopic (exact) mass is 453 g/mol. The van der Waals surface area contributed by atoms with E-state index in [1.807, 2.05) is 35.7 Å². The van der Waals surface area contributed by atoms with E-state index in [1.54, 1.807) is 18.5 Å². The molecule has 0 saturated carbocycles. The molecular formula is C19H14F3N3O5S. The van der Waals surface area contributed by atoms with Gasteiger partial charge in [0, 0.05) is 23.3 Å². The fourth-order valence-electron chi connectivity index (χ4n) is 2.31. The summed E-state index contributed by atoms with van der Waals surface area (Å²) in [7, 11) is 0. The zero-order valence-electron chi connectivity index (χ0n) is 15.5. The highest BCUT2D eigenvalue weighted by molar-refractivity contribution is 7.14. The maximum atomic E-state index is 12.4. The van der Waals surface area contributed by atoms with Gasteiger partial charge in [-0.15, -0.1) is 11.3 Å². The number of rotatable bonds is 3. The second-order valence-corrected chi connectivity index (χ2v) is 6.79. The Morgan fingerprint density at radius 1 is 1.16 bits per heavy atom. The van der Waals surface area contributed by atoms with Crippen LogP contribution < -0.4 is 14.8 Å². The number of carboxylic acids is 1. The standard InChI is InChI=1S/C17H13N3O3S.C2HF3O2/c21-16(15-9-22-13-5-1-2-6-14(13)23-15)20-17-19-12(10-24-17)11-4-3-7-18-8-11;3-2(4,5)1(6)7/h1-8,10,15H,9H2,(H,19,20,21);(H,6,7). The molecule has 1 unspecified atom stereocenters. The highest BCUT2D eigenvalue weighted by Crippen LogP contribution is 2.31. The first-order valence-corrected chi connectivity index (χ1v) is 9.47. The minimum absolute atomic E-state index is 0.170. The molecule has 3 heterocycles. The molecule has 2 aromatic heterocycles. The summed E-state index contributed by atoms with van der Waals surface area (Å²) in [5.41, 5.74) is 1.68. The first-order valence-electron chi connectivity index (χ1n) is 8.59. The number of ether oxygens (including phenoxy) is 2. The number of aromatic nitrogens is 2. The van der Waals surface area contributed by atoms with E-state index in [0.717, 1.165) is 11.3 Å². The van der Waals surface area contributed by atoms with E-state index in [4.69, 9.17) is 19.4 Å². The number of nitrogens with zero attached hydrogens (tertiary/aromatic N) is 2. The number of hydrogen-bond donors (Lipinski definition) is 2. The molecule has 8 nitrogen and oxygen atoms in total. The van der Waals surface area contributed by atoms with Gasteiger partial charge in [-0.3, -0.25) is 15.1 Å². The van der Waals surface area contributed by atoms with Crippen molar-refractivity contribution in [3.05, 3.63) is 54.2 Å². The van der Waals surface area contributed by atoms with Crippen molar-refractivity contribution in [3.63, 3.8) is 0 Å². The van der Waals surface area contributed by atoms with Crippen LogP contribution in [0.2, 0.25) is 0 Å². The van der Waals surface area contributed by atoms with Crippen LogP contribution in [0.1, 0.15) is 0 Å². The Hall–Kier alpha value is -3.67. The van der Waals surface area contributed by atoms with Gasteiger partial charge in [0.05, 0.1) is 5.69 Å². The summed E-state index contributed by atoms with van der Waals surface area (Å²) >= 11 is 1.36. The number of anilines is 1. The number of fused-ring (bicyclic) bond motifs is 1. The number of carbonyl (C=O) groups excluding carboxylic acids is 1. The summed E-state index contributed by atoms with van der Waals surface area (Å²) in [6.07, 6.45) is -2.35. The number of halogens is 3. The molecule has 162 valence electrons. The lowest BCUT2D eigenvalue weighted by molar-refractivity contribution is -0.192. The third-order valence-corrected chi connectivity index (χ3v) is 4.49. The molecule has 1 amide bonds. The molecule has 31 heavy (non-hydrogen) atoms. The largest absolute Gasteiger partial charge is 0.490 e. The van der Waals surface area contributed by atoms with Crippen LogP contribution in [-0.2, 0) is 9.59 Å². The van der Waals surface area contributed by atoms with Crippen LogP contribution in [0.15, 0.2) is 54.2 Å². The number of benzene rings is 1. The number of amides is 1. The van der Waals surface area contributed by atoms with E-state index in [0.29, 0.717) is 16.6 Å². The molecule has 0 fully saturated rings. The van der Waals surface area contributed by atoms with Crippen molar-refractivity contribution in [1.82, 2.24) is 9.97 Å². The first-order chi connectivity index (χ1) is 14.7. The number of carboxylic acid groups (broad SMARTS) is 1. The zero-order chi connectivity index (χ0) is 22.4. The average Bonchev–Trinajstić information content (AvgIpc) is 3.22. The molecule has 2 N–H and O–H groups in total. The van der Waals surface area contributed by atoms with E-state index in [1.165, 1.54) is 11.3 Å². The minimum Gasteiger partial charge on any atom is -0.485 e. The van der Waals surface area contributed by atoms with Gasteiger partial charge >= 0.3 is 12.1 Å². The molecule has 3 aromatic rings. The van der Waals surface area contributed by atoms with E-state index in [-0.39, 0.29) is 12.5 Å². The van der Waals surface area contributed by atoms with Gasteiger partial charge in [0.1, 0.15) is 6.61 Å². The van der Waals surface area contributed by atoms with Gasteiger partial charge in [0.25, 0.3) is 5.91 Å². The second-order valence-electron chi connectivity index (χ2n) is 5.94. The van der Waals surface area contributed by atoms with Crippen molar-refractivity contribution in [2.45, 2.75) is 12.3 Å². The number of thiazole rings is 1. The SMILES string of the molecule is O=C(Nc1nc(-c2cccnc2)cs1)C1COc2ccccc2O1.O=C(O)C(F)(F)F. The number of nitrogens with one attached hydrogen (secondary N) is 1. The number of aliphatic carboxylic acids is 1. The molecule has 1 aromatic carbocycles. The molecule has 1 aliphatic rings. The van der Waals surface area contributed by atoms with Crippen LogP contribution in [0.25, 0.3) is 11.3 Å². The molecule has 1 aliphatic heterocycles. The predicted octanol–water partition coefficient (Wildman–Crippen LogP) is 3.62. The second kappa shape index (κ2) is 9.43. The highest BCUT2D eigenvalue weighted by atomic mass is 32.1. The van der Waals surface area contributed by atoms with E-state index < -0.39 is 18.2 Å². The van der Waals surface area contributed by atoms with Gasteiger partial charge in [0.15, 0.2) is 16.6 Å². The summed E-state index contributed by atoms with van der Waals surface area (Å²) < 4.78 is 43.0. The minimum atomic E-state index is -5.08. The van der Waals surface area contributed by atoms with Crippen molar-refractivity contribution in [1.29, 1.82) is 0 Å². The Balaban J connectivity index is 0.000000339. The number of alkyl halides is 3. The van der Waals surface area contributed by atoms with Gasteiger partial charge < -0.3 is 14.6 Å². The Kier molecular flexibility index (Phi) is 6.70. The quantitative estimate of drug-likeness (QED) is 0.623. The summed E-state index contributed by atoms with van der Waals surface area (Å²) in [5, 5.41) is 12.3. The summed E-state index contributed by atoms with van der Waals surface area (Å²) in [5.74, 6) is -1.82. The van der Waals surface area contributed by atoms with Crippen molar-refractivity contribution in [2.75, 3.05) is 11.9 Å². The normalized spacial score (nSPS) is 14.7. The van der Waals surface area contributed by atoms with Crippen LogP contribution in [0.5, 0.6) is 11.5 Å². The Morgan fingerprint density at radius 2 is 1.87 bits per heavy atom. The van der Waals surface area contributed by atoms with E-state index in [9.17, 15) is 18.0 Å². The van der Waals surface area contributed by atoms with E-state index >= 15 is 0 Å². The fourth-order valence-corrected chi connectivity index (χ4v) is 3.04. The number of carbonyl (C=O) groups is 2. The summed E-state index contributed by atoms with van der Waals surface area (Å²) in [6, 6.07) is 11.0. The third kappa shape index (κ3) is 5.92. The summed E-state index contributed by atoms with van der Waals surface area (Å²) in [6.45, 7) is 0.170. The molecule has 0 bridgehead atoms. The number of pyridine rings is 1. The molecule has 0 aliphatic carbocycles. The summed E-state index contributed by atoms with van der Waals surface area (Å²) in [4.78, 5) is 29.7. The first kappa shape index (κ1) is 22.0. The maximum absolute atomic E-state index is 12.4. The van der Waals surface area contributed by atoms with Crippen LogP contribution >= 0.6 is 11.3 Å². The van der Waals surface area contributed by atoms with Crippen molar-refractivity contribution < 1.29 is 37.3 Å². The van der Waals surface area contributed by atoms with Gasteiger partial charge in [-0.1, -0.05) is 12.1 Å². The average molecular weight is 453 g/mol. The molecule has 12 heteroatoms. The Bertz CT molecular complexity index is 1060. The molecule has 0 saturated heterocycles. The van der Waals surface area contributed by atoms with Crippen LogP contribution in [0, 0.1) is 0 Å². The lowest BCUT2D eigenvalue weighted by Gasteiger charge is -2.25. The molecule has 4 rings (SSSR count). The fraction of sp³-hybridized carbons (Fsp3) is 0.158. The Morgan fingerprint density at radius 3 is 2.52 bits per heavy atom. The lowest BCUT2D eigenvalue weighted by Crippen LogP contribution is -2.40. The smallest absolute Gasteiger partial charge is 0.485 e. The zero-order valence-corrected chi connectivity index (χ0v) is 16.3. The van der Waals surface area contributed by atoms with Crippen LogP contribution in [0.3, 0.4) is 0 Å². The van der Waals surface area contributed by atoms with Crippen LogP contribution in [0.4, 0.5) is 18.3 Å². The van der Waals surface area contributed by atoms with Crippen molar-refractivity contribution in [2.24, 2.45) is 0 Å². The highest BCUT2D eigenvalue weighted by Gasteiger charge is 2.38. The maximum Gasteiger partial charge on any atom is 0.490 e. The molecule has 0 spiro atoms. The molecule has 1 atom stereocenters. The van der Waals surface area contributed by atoms with Gasteiger partial charge in [-0.25, -0.2) is 9.78 Å². The van der Waals surface area contributed by atoms with Crippen molar-refractivity contribution in [3.8, 4) is 22.8 Å². The van der Waals surface area contributed by atoms with Gasteiger partial charge in [-0.2, -0.15) is 13.2 Å². The lowest BCUT2D eigenvalue weighted by atomic mass is 10.2. The van der Waals surface area contributed by atoms with Crippen LogP contribution in [-0.4, -0.2) is 45.8 Å². The molecule has 0 radical (unpaired) electrons. The topological polar surface area (TPSA) is 111 Å².